The van der Waals surface area contributed by atoms with Crippen molar-refractivity contribution in [3.8, 4) is 11.5 Å². The minimum atomic E-state index is -0.223. The molecule has 0 saturated carbocycles. The molecule has 1 unspecified atom stereocenters. The summed E-state index contributed by atoms with van der Waals surface area (Å²) in [6.45, 7) is 1.83. The Morgan fingerprint density at radius 2 is 1.86 bits per heavy atom. The Bertz CT molecular complexity index is 972. The van der Waals surface area contributed by atoms with Crippen LogP contribution in [0.25, 0.3) is 0 Å². The summed E-state index contributed by atoms with van der Waals surface area (Å²) in [4.78, 5) is 12.1. The Kier molecular flexibility index (Phi) is 5.07. The number of methoxy groups -OCH3 is 1. The van der Waals surface area contributed by atoms with Gasteiger partial charge in [0.2, 0.25) is 5.16 Å². The maximum Gasteiger partial charge on any atom is 0.262 e. The fourth-order valence-corrected chi connectivity index (χ4v) is 3.76. The largest absolute Gasteiger partial charge is 0.497 e. The maximum absolute atomic E-state index is 12.1. The van der Waals surface area contributed by atoms with Gasteiger partial charge in [0.1, 0.15) is 22.7 Å². The summed E-state index contributed by atoms with van der Waals surface area (Å²) in [7, 11) is 1.60. The van der Waals surface area contributed by atoms with Crippen LogP contribution in [-0.2, 0) is 4.79 Å². The molecule has 0 spiro atoms. The van der Waals surface area contributed by atoms with E-state index >= 15 is 0 Å². The lowest BCUT2D eigenvalue weighted by atomic mass is 10.2. The van der Waals surface area contributed by atoms with E-state index < -0.39 is 0 Å². The SMILES string of the molecule is COc1ccc(OCC(=O)Nc2ccc(C3Nn4c(C)nnc4S3)cc2)cc1. The number of thioether (sulfide) groups is 1. The number of fused-ring (bicyclic) bond motifs is 1. The van der Waals surface area contributed by atoms with Crippen LogP contribution in [0.3, 0.4) is 0 Å². The highest BCUT2D eigenvalue weighted by atomic mass is 32.2. The molecule has 144 valence electrons. The highest BCUT2D eigenvalue weighted by Gasteiger charge is 2.26. The van der Waals surface area contributed by atoms with Crippen molar-refractivity contribution < 1.29 is 14.3 Å². The molecule has 2 heterocycles. The summed E-state index contributed by atoms with van der Waals surface area (Å²) >= 11 is 1.60. The van der Waals surface area contributed by atoms with Crippen LogP contribution in [0.5, 0.6) is 11.5 Å². The van der Waals surface area contributed by atoms with E-state index in [1.54, 1.807) is 43.1 Å². The first-order valence-corrected chi connectivity index (χ1v) is 9.52. The van der Waals surface area contributed by atoms with Gasteiger partial charge in [-0.2, -0.15) is 0 Å². The van der Waals surface area contributed by atoms with Crippen molar-refractivity contribution in [1.82, 2.24) is 14.9 Å². The highest BCUT2D eigenvalue weighted by Crippen LogP contribution is 2.38. The van der Waals surface area contributed by atoms with Gasteiger partial charge in [-0.05, 0) is 48.9 Å². The smallest absolute Gasteiger partial charge is 0.262 e. The van der Waals surface area contributed by atoms with Crippen LogP contribution in [0.4, 0.5) is 5.69 Å². The van der Waals surface area contributed by atoms with Crippen molar-refractivity contribution in [2.24, 2.45) is 0 Å². The molecule has 28 heavy (non-hydrogen) atoms. The topological polar surface area (TPSA) is 90.3 Å². The van der Waals surface area contributed by atoms with E-state index in [1.807, 2.05) is 35.9 Å². The van der Waals surface area contributed by atoms with Crippen LogP contribution in [0.15, 0.2) is 53.7 Å². The second-order valence-electron chi connectivity index (χ2n) is 6.13. The van der Waals surface area contributed by atoms with Crippen molar-refractivity contribution in [2.45, 2.75) is 17.5 Å². The van der Waals surface area contributed by atoms with E-state index in [1.165, 1.54) is 0 Å². The lowest BCUT2D eigenvalue weighted by Crippen LogP contribution is -2.20. The predicted octanol–water partition coefficient (Wildman–Crippen LogP) is 2.96. The van der Waals surface area contributed by atoms with E-state index in [2.05, 4.69) is 20.9 Å². The normalized spacial score (nSPS) is 14.9. The van der Waals surface area contributed by atoms with Crippen LogP contribution in [0.1, 0.15) is 16.8 Å². The number of aryl methyl sites for hydroxylation is 1. The van der Waals surface area contributed by atoms with Crippen molar-refractivity contribution in [1.29, 1.82) is 0 Å². The number of carbonyl (C=O) groups is 1. The summed E-state index contributed by atoms with van der Waals surface area (Å²) in [5.41, 5.74) is 5.14. The van der Waals surface area contributed by atoms with Gasteiger partial charge in [-0.15, -0.1) is 10.2 Å². The minimum Gasteiger partial charge on any atom is -0.497 e. The van der Waals surface area contributed by atoms with Crippen molar-refractivity contribution in [3.05, 3.63) is 59.9 Å². The number of ether oxygens (including phenoxy) is 2. The van der Waals surface area contributed by atoms with Gasteiger partial charge in [0.25, 0.3) is 5.91 Å². The molecule has 0 fully saturated rings. The Morgan fingerprint density at radius 3 is 2.54 bits per heavy atom. The van der Waals surface area contributed by atoms with Crippen molar-refractivity contribution in [2.75, 3.05) is 24.5 Å². The van der Waals surface area contributed by atoms with Gasteiger partial charge >= 0.3 is 0 Å². The lowest BCUT2D eigenvalue weighted by Gasteiger charge is -2.12. The van der Waals surface area contributed by atoms with Crippen LogP contribution >= 0.6 is 11.8 Å². The fourth-order valence-electron chi connectivity index (χ4n) is 2.72. The first-order valence-electron chi connectivity index (χ1n) is 8.64. The average molecular weight is 397 g/mol. The highest BCUT2D eigenvalue weighted by molar-refractivity contribution is 7.99. The zero-order valence-corrected chi connectivity index (χ0v) is 16.2. The zero-order chi connectivity index (χ0) is 19.5. The number of benzene rings is 2. The van der Waals surface area contributed by atoms with Gasteiger partial charge in [0, 0.05) is 5.69 Å². The molecule has 1 aliphatic heterocycles. The number of hydrogen-bond acceptors (Lipinski definition) is 7. The van der Waals surface area contributed by atoms with Crippen LogP contribution in [-0.4, -0.2) is 34.5 Å². The molecule has 0 bridgehead atoms. The van der Waals surface area contributed by atoms with E-state index in [-0.39, 0.29) is 17.9 Å². The molecule has 1 aliphatic rings. The molecule has 2 N–H and O–H groups in total. The number of nitrogens with zero attached hydrogens (tertiary/aromatic N) is 3. The van der Waals surface area contributed by atoms with E-state index in [0.29, 0.717) is 11.4 Å². The second-order valence-corrected chi connectivity index (χ2v) is 7.20. The molecule has 1 amide bonds. The number of anilines is 1. The first-order chi connectivity index (χ1) is 13.6. The predicted molar refractivity (Wildman–Crippen MR) is 106 cm³/mol. The summed E-state index contributed by atoms with van der Waals surface area (Å²) in [5.74, 6) is 1.95. The van der Waals surface area contributed by atoms with Gasteiger partial charge < -0.3 is 20.2 Å². The van der Waals surface area contributed by atoms with E-state index in [0.717, 1.165) is 22.3 Å². The van der Waals surface area contributed by atoms with Crippen LogP contribution < -0.4 is 20.2 Å². The van der Waals surface area contributed by atoms with Crippen LogP contribution in [0, 0.1) is 6.92 Å². The minimum absolute atomic E-state index is 0.0624. The Labute approximate surface area is 166 Å². The van der Waals surface area contributed by atoms with Gasteiger partial charge in [0.05, 0.1) is 7.11 Å². The molecule has 0 aliphatic carbocycles. The molecule has 0 saturated heterocycles. The number of aromatic nitrogens is 3. The van der Waals surface area contributed by atoms with Crippen LogP contribution in [0.2, 0.25) is 0 Å². The average Bonchev–Trinajstić information content (AvgIpc) is 3.29. The van der Waals surface area contributed by atoms with E-state index in [9.17, 15) is 4.79 Å². The Morgan fingerprint density at radius 1 is 1.14 bits per heavy atom. The third-order valence-electron chi connectivity index (χ3n) is 4.19. The molecule has 9 heteroatoms. The van der Waals surface area contributed by atoms with Crippen molar-refractivity contribution in [3.63, 3.8) is 0 Å². The zero-order valence-electron chi connectivity index (χ0n) is 15.4. The lowest BCUT2D eigenvalue weighted by molar-refractivity contribution is -0.118. The quantitative estimate of drug-likeness (QED) is 0.661. The van der Waals surface area contributed by atoms with Gasteiger partial charge in [0.15, 0.2) is 6.61 Å². The number of amides is 1. The summed E-state index contributed by atoms with van der Waals surface area (Å²) < 4.78 is 12.5. The third-order valence-corrected chi connectivity index (χ3v) is 5.28. The Hall–Kier alpha value is -3.20. The molecule has 8 nitrogen and oxygen atoms in total. The molecular formula is C19H19N5O3S. The van der Waals surface area contributed by atoms with Crippen molar-refractivity contribution >= 4 is 23.4 Å². The molecule has 3 aromatic rings. The molecule has 2 aromatic carbocycles. The fraction of sp³-hybridized carbons (Fsp3) is 0.211. The van der Waals surface area contributed by atoms with E-state index in [4.69, 9.17) is 9.47 Å². The second kappa shape index (κ2) is 7.81. The first kappa shape index (κ1) is 18.2. The Balaban J connectivity index is 1.30. The summed E-state index contributed by atoms with van der Waals surface area (Å²) in [6, 6.07) is 14.8. The number of nitrogens with one attached hydrogen (secondary N) is 2. The standard InChI is InChI=1S/C19H19N5O3S/c1-12-21-22-19-24(12)23-18(28-19)13-3-5-14(6-4-13)20-17(25)11-27-16-9-7-15(26-2)8-10-16/h3-10,18,23H,11H2,1-2H3,(H,20,25). The number of hydrogen-bond donors (Lipinski definition) is 2. The molecule has 1 aromatic heterocycles. The summed E-state index contributed by atoms with van der Waals surface area (Å²) in [5, 5.41) is 11.9. The molecular weight excluding hydrogens is 378 g/mol. The summed E-state index contributed by atoms with van der Waals surface area (Å²) in [6.07, 6.45) is 0. The number of rotatable bonds is 6. The van der Waals surface area contributed by atoms with Gasteiger partial charge in [-0.25, -0.2) is 4.68 Å². The van der Waals surface area contributed by atoms with Gasteiger partial charge in [-0.1, -0.05) is 23.9 Å². The maximum atomic E-state index is 12.1. The molecule has 0 radical (unpaired) electrons. The molecule has 4 rings (SSSR count). The molecule has 1 atom stereocenters. The monoisotopic (exact) mass is 397 g/mol. The third kappa shape index (κ3) is 3.89. The number of carbonyl (C=O) groups excluding carboxylic acids is 1. The van der Waals surface area contributed by atoms with Gasteiger partial charge in [-0.3, -0.25) is 4.79 Å².